The van der Waals surface area contributed by atoms with Gasteiger partial charge in [-0.15, -0.1) is 0 Å². The molecule has 23 heavy (non-hydrogen) atoms. The maximum Gasteiger partial charge on any atom is 0.242 e. The molecular formula is C13H20N2O4S4. The summed E-state index contributed by atoms with van der Waals surface area (Å²) in [7, 11) is 3.13. The molecule has 3 amide bonds. The summed E-state index contributed by atoms with van der Waals surface area (Å²) < 4.78 is 0. The van der Waals surface area contributed by atoms with E-state index in [4.69, 9.17) is 0 Å². The number of carbonyl (C=O) groups excluding carboxylic acids is 3. The van der Waals surface area contributed by atoms with Crippen LogP contribution in [0.4, 0.5) is 0 Å². The Labute approximate surface area is 153 Å². The van der Waals surface area contributed by atoms with Gasteiger partial charge in [-0.3, -0.25) is 19.3 Å². The second kappa shape index (κ2) is 8.89. The number of nitrogens with zero attached hydrogens (tertiary/aromatic N) is 2. The lowest BCUT2D eigenvalue weighted by atomic mass is 10.3. The molecule has 1 N–H and O–H groups in total. The summed E-state index contributed by atoms with van der Waals surface area (Å²) >= 11 is 5.59. The second-order valence-corrected chi connectivity index (χ2v) is 9.63. The molecule has 2 rings (SSSR count). The zero-order chi connectivity index (χ0) is 17.0. The normalized spacial score (nSPS) is 28.3. The van der Waals surface area contributed by atoms with E-state index in [0.29, 0.717) is 31.0 Å². The number of likely N-dealkylation sites (tertiary alicyclic amines) is 2. The largest absolute Gasteiger partial charge is 0.372 e. The highest BCUT2D eigenvalue weighted by atomic mass is 33.1. The Morgan fingerprint density at radius 3 is 2.30 bits per heavy atom. The number of aliphatic hydroxyl groups excluding tert-OH is 1. The van der Waals surface area contributed by atoms with Crippen molar-refractivity contribution >= 4 is 63.7 Å². The molecule has 0 radical (unpaired) electrons. The molecule has 0 aromatic heterocycles. The quantitative estimate of drug-likeness (QED) is 0.271. The smallest absolute Gasteiger partial charge is 0.242 e. The molecule has 0 aliphatic carbocycles. The molecule has 6 nitrogen and oxygen atoms in total. The molecule has 0 bridgehead atoms. The lowest BCUT2D eigenvalue weighted by molar-refractivity contribution is -0.138. The lowest BCUT2D eigenvalue weighted by Crippen LogP contribution is -2.37. The van der Waals surface area contributed by atoms with E-state index in [0.717, 1.165) is 0 Å². The van der Waals surface area contributed by atoms with Crippen LogP contribution >= 0.6 is 46.0 Å². The van der Waals surface area contributed by atoms with Crippen LogP contribution in [0.1, 0.15) is 12.8 Å². The maximum atomic E-state index is 11.9. The van der Waals surface area contributed by atoms with E-state index in [9.17, 15) is 19.5 Å². The molecule has 130 valence electrons. The van der Waals surface area contributed by atoms with Crippen LogP contribution in [0.5, 0.6) is 0 Å². The van der Waals surface area contributed by atoms with Crippen molar-refractivity contribution in [3.8, 4) is 0 Å². The standard InChI is InChI=1S/C13H20N2O4S4/c1-21-9-7-11(17)15(13(9)19)3-5-23-22-4-2-14-10(16)6-8(20)12(14)18/h8-9,12,18,20H,2-7H2,1H3. The third-order valence-electron chi connectivity index (χ3n) is 3.75. The average Bonchev–Trinajstić information content (AvgIpc) is 2.92. The van der Waals surface area contributed by atoms with E-state index in [1.165, 1.54) is 21.6 Å². The van der Waals surface area contributed by atoms with Crippen LogP contribution in [0.3, 0.4) is 0 Å². The molecule has 2 aliphatic rings. The molecule has 0 saturated carbocycles. The molecule has 3 atom stereocenters. The molecule has 0 aromatic carbocycles. The summed E-state index contributed by atoms with van der Waals surface area (Å²) in [6, 6.07) is 0. The minimum absolute atomic E-state index is 0.0699. The van der Waals surface area contributed by atoms with Crippen molar-refractivity contribution in [2.24, 2.45) is 0 Å². The highest BCUT2D eigenvalue weighted by Crippen LogP contribution is 2.27. The number of hydrogen-bond donors (Lipinski definition) is 2. The lowest BCUT2D eigenvalue weighted by Gasteiger charge is -2.21. The monoisotopic (exact) mass is 396 g/mol. The third-order valence-corrected chi connectivity index (χ3v) is 7.50. The van der Waals surface area contributed by atoms with Gasteiger partial charge in [0.05, 0.1) is 10.5 Å². The molecular weight excluding hydrogens is 376 g/mol. The van der Waals surface area contributed by atoms with E-state index in [1.54, 1.807) is 21.6 Å². The zero-order valence-electron chi connectivity index (χ0n) is 12.7. The van der Waals surface area contributed by atoms with Crippen molar-refractivity contribution in [2.75, 3.05) is 30.9 Å². The van der Waals surface area contributed by atoms with Crippen molar-refractivity contribution in [3.63, 3.8) is 0 Å². The van der Waals surface area contributed by atoms with Crippen LogP contribution in [0.2, 0.25) is 0 Å². The Bertz CT molecular complexity index is 479. The first-order chi connectivity index (χ1) is 11.0. The van der Waals surface area contributed by atoms with Crippen LogP contribution in [-0.4, -0.2) is 80.2 Å². The predicted molar refractivity (Wildman–Crippen MR) is 98.7 cm³/mol. The van der Waals surface area contributed by atoms with Gasteiger partial charge in [-0.2, -0.15) is 24.4 Å². The van der Waals surface area contributed by atoms with Crippen LogP contribution in [0.25, 0.3) is 0 Å². The zero-order valence-corrected chi connectivity index (χ0v) is 16.1. The molecule has 2 aliphatic heterocycles. The minimum atomic E-state index is -0.806. The SMILES string of the molecule is CSC1CC(=O)N(CCSSCCN2C(=O)CC(S)C2O)C1=O. The van der Waals surface area contributed by atoms with E-state index in [1.807, 2.05) is 6.26 Å². The number of rotatable bonds is 8. The van der Waals surface area contributed by atoms with E-state index >= 15 is 0 Å². The molecule has 2 heterocycles. The van der Waals surface area contributed by atoms with E-state index < -0.39 is 6.23 Å². The first-order valence-corrected chi connectivity index (χ1v) is 11.5. The van der Waals surface area contributed by atoms with Gasteiger partial charge in [-0.05, 0) is 6.26 Å². The fourth-order valence-corrected chi connectivity index (χ4v) is 5.34. The van der Waals surface area contributed by atoms with Gasteiger partial charge in [-0.1, -0.05) is 21.6 Å². The van der Waals surface area contributed by atoms with Gasteiger partial charge in [-0.25, -0.2) is 0 Å². The maximum absolute atomic E-state index is 11.9. The minimum Gasteiger partial charge on any atom is -0.372 e. The number of amides is 3. The summed E-state index contributed by atoms with van der Waals surface area (Å²) in [4.78, 5) is 38.1. The Morgan fingerprint density at radius 2 is 1.78 bits per heavy atom. The first-order valence-electron chi connectivity index (χ1n) is 7.22. The topological polar surface area (TPSA) is 77.9 Å². The Hall–Kier alpha value is -0.0300. The number of aliphatic hydroxyl groups is 1. The first kappa shape index (κ1) is 19.3. The number of imide groups is 1. The third kappa shape index (κ3) is 4.75. The van der Waals surface area contributed by atoms with Gasteiger partial charge in [0.1, 0.15) is 6.23 Å². The molecule has 2 fully saturated rings. The fourth-order valence-electron chi connectivity index (χ4n) is 2.47. The van der Waals surface area contributed by atoms with Crippen molar-refractivity contribution < 1.29 is 19.5 Å². The Morgan fingerprint density at radius 1 is 1.13 bits per heavy atom. The summed E-state index contributed by atoms with van der Waals surface area (Å²) in [6.45, 7) is 0.904. The number of thioether (sulfide) groups is 1. The molecule has 3 unspecified atom stereocenters. The number of carbonyl (C=O) groups is 3. The summed E-state index contributed by atoms with van der Waals surface area (Å²) in [6.07, 6.45) is 1.61. The highest BCUT2D eigenvalue weighted by molar-refractivity contribution is 8.76. The van der Waals surface area contributed by atoms with Crippen LogP contribution in [-0.2, 0) is 14.4 Å². The van der Waals surface area contributed by atoms with Crippen LogP contribution in [0.15, 0.2) is 0 Å². The number of hydrogen-bond acceptors (Lipinski definition) is 8. The van der Waals surface area contributed by atoms with Crippen molar-refractivity contribution in [1.82, 2.24) is 9.80 Å². The summed E-state index contributed by atoms with van der Waals surface area (Å²) in [5.41, 5.74) is 0. The summed E-state index contributed by atoms with van der Waals surface area (Å²) in [5.74, 6) is 1.10. The molecule has 0 aromatic rings. The van der Waals surface area contributed by atoms with Gasteiger partial charge in [0.2, 0.25) is 17.7 Å². The van der Waals surface area contributed by atoms with Crippen molar-refractivity contribution in [2.45, 2.75) is 29.6 Å². The van der Waals surface area contributed by atoms with Gasteiger partial charge in [0.15, 0.2) is 0 Å². The Balaban J connectivity index is 1.61. The molecule has 10 heteroatoms. The van der Waals surface area contributed by atoms with Gasteiger partial charge >= 0.3 is 0 Å². The van der Waals surface area contributed by atoms with Gasteiger partial charge in [0.25, 0.3) is 0 Å². The van der Waals surface area contributed by atoms with Gasteiger partial charge < -0.3 is 10.0 Å². The highest BCUT2D eigenvalue weighted by Gasteiger charge is 2.37. The molecule has 0 spiro atoms. The average molecular weight is 397 g/mol. The van der Waals surface area contributed by atoms with Gasteiger partial charge in [0, 0.05) is 37.4 Å². The van der Waals surface area contributed by atoms with E-state index in [2.05, 4.69) is 12.6 Å². The van der Waals surface area contributed by atoms with Crippen LogP contribution in [0, 0.1) is 0 Å². The van der Waals surface area contributed by atoms with Crippen molar-refractivity contribution in [3.05, 3.63) is 0 Å². The predicted octanol–water partition coefficient (Wildman–Crippen LogP) is 0.707. The van der Waals surface area contributed by atoms with E-state index in [-0.39, 0.29) is 34.6 Å². The second-order valence-electron chi connectivity index (χ2n) is 5.23. The molecule has 2 saturated heterocycles. The van der Waals surface area contributed by atoms with Crippen LogP contribution < -0.4 is 0 Å². The van der Waals surface area contributed by atoms with Crippen molar-refractivity contribution in [1.29, 1.82) is 0 Å². The number of thiol groups is 1. The fraction of sp³-hybridized carbons (Fsp3) is 0.769. The Kier molecular flexibility index (Phi) is 7.46. The summed E-state index contributed by atoms with van der Waals surface area (Å²) in [5, 5.41) is 9.28.